The van der Waals surface area contributed by atoms with Crippen molar-refractivity contribution in [3.63, 3.8) is 0 Å². The maximum absolute atomic E-state index is 4.46. The molecule has 0 saturated heterocycles. The summed E-state index contributed by atoms with van der Waals surface area (Å²) in [5.74, 6) is 0.736. The van der Waals surface area contributed by atoms with Crippen molar-refractivity contribution in [2.75, 3.05) is 0 Å². The van der Waals surface area contributed by atoms with E-state index in [4.69, 9.17) is 0 Å². The van der Waals surface area contributed by atoms with Crippen molar-refractivity contribution < 1.29 is 0 Å². The molecule has 0 radical (unpaired) electrons. The second kappa shape index (κ2) is 4.94. The summed E-state index contributed by atoms with van der Waals surface area (Å²) in [6, 6.07) is 9.73. The Hall–Kier alpha value is -2.62. The zero-order valence-electron chi connectivity index (χ0n) is 10.5. The predicted molar refractivity (Wildman–Crippen MR) is 73.2 cm³/mol. The average Bonchev–Trinajstić information content (AvgIpc) is 2.48. The van der Waals surface area contributed by atoms with Gasteiger partial charge in [0, 0.05) is 35.9 Å². The monoisotopic (exact) mass is 248 g/mol. The van der Waals surface area contributed by atoms with Gasteiger partial charge in [0.25, 0.3) is 0 Å². The second-order valence-electron chi connectivity index (χ2n) is 4.17. The molecule has 3 heterocycles. The zero-order chi connectivity index (χ0) is 13.1. The molecule has 3 aromatic heterocycles. The van der Waals surface area contributed by atoms with Crippen LogP contribution in [0.15, 0.2) is 55.1 Å². The molecule has 0 N–H and O–H groups in total. The Morgan fingerprint density at radius 3 is 1.74 bits per heavy atom. The summed E-state index contributed by atoms with van der Waals surface area (Å²) in [5.41, 5.74) is 3.72. The summed E-state index contributed by atoms with van der Waals surface area (Å²) in [6.07, 6.45) is 7.10. The van der Waals surface area contributed by atoms with E-state index in [9.17, 15) is 0 Å². The van der Waals surface area contributed by atoms with Crippen LogP contribution in [-0.2, 0) is 0 Å². The Labute approximate surface area is 111 Å². The van der Waals surface area contributed by atoms with Crippen molar-refractivity contribution >= 4 is 0 Å². The van der Waals surface area contributed by atoms with E-state index in [-0.39, 0.29) is 0 Å². The van der Waals surface area contributed by atoms with Gasteiger partial charge in [0.2, 0.25) is 0 Å². The van der Waals surface area contributed by atoms with Crippen LogP contribution in [0, 0.1) is 6.92 Å². The van der Waals surface area contributed by atoms with Crippen LogP contribution >= 0.6 is 0 Å². The Balaban J connectivity index is 2.12. The van der Waals surface area contributed by atoms with Crippen LogP contribution in [0.1, 0.15) is 5.82 Å². The van der Waals surface area contributed by atoms with Crippen molar-refractivity contribution in [1.82, 2.24) is 19.9 Å². The number of hydrogen-bond acceptors (Lipinski definition) is 4. The van der Waals surface area contributed by atoms with Gasteiger partial charge in [0.1, 0.15) is 5.82 Å². The molecular formula is C15H12N4. The molecule has 0 amide bonds. The molecule has 0 aliphatic heterocycles. The SMILES string of the molecule is Cc1nc(-c2cccnc2)cc(-c2cccnc2)n1. The summed E-state index contributed by atoms with van der Waals surface area (Å²) in [7, 11) is 0. The fourth-order valence-corrected chi connectivity index (χ4v) is 1.89. The van der Waals surface area contributed by atoms with Crippen LogP contribution in [0.3, 0.4) is 0 Å². The lowest BCUT2D eigenvalue weighted by Crippen LogP contribution is -1.95. The lowest BCUT2D eigenvalue weighted by molar-refractivity contribution is 1.06. The maximum Gasteiger partial charge on any atom is 0.126 e. The Morgan fingerprint density at radius 1 is 0.789 bits per heavy atom. The highest BCUT2D eigenvalue weighted by molar-refractivity contribution is 5.66. The summed E-state index contributed by atoms with van der Waals surface area (Å²) < 4.78 is 0. The number of pyridine rings is 2. The van der Waals surface area contributed by atoms with Gasteiger partial charge >= 0.3 is 0 Å². The molecule has 0 spiro atoms. The molecule has 4 heteroatoms. The minimum atomic E-state index is 0.736. The molecule has 0 atom stereocenters. The third-order valence-electron chi connectivity index (χ3n) is 2.75. The first-order chi connectivity index (χ1) is 9.33. The highest BCUT2D eigenvalue weighted by Crippen LogP contribution is 2.22. The van der Waals surface area contributed by atoms with Gasteiger partial charge in [-0.15, -0.1) is 0 Å². The van der Waals surface area contributed by atoms with Gasteiger partial charge in [-0.3, -0.25) is 9.97 Å². The van der Waals surface area contributed by atoms with Gasteiger partial charge in [-0.25, -0.2) is 9.97 Å². The molecule has 0 aliphatic carbocycles. The van der Waals surface area contributed by atoms with Crippen molar-refractivity contribution in [2.45, 2.75) is 6.92 Å². The standard InChI is InChI=1S/C15H12N4/c1-11-18-14(12-4-2-6-16-9-12)8-15(19-11)13-5-3-7-17-10-13/h2-10H,1H3. The lowest BCUT2D eigenvalue weighted by Gasteiger charge is -2.05. The van der Waals surface area contributed by atoms with Crippen LogP contribution in [0.2, 0.25) is 0 Å². The molecular weight excluding hydrogens is 236 g/mol. The Kier molecular flexibility index (Phi) is 2.98. The number of aryl methyl sites for hydroxylation is 1. The molecule has 4 nitrogen and oxygen atoms in total. The number of nitrogens with zero attached hydrogens (tertiary/aromatic N) is 4. The minimum Gasteiger partial charge on any atom is -0.264 e. The lowest BCUT2D eigenvalue weighted by atomic mass is 10.1. The van der Waals surface area contributed by atoms with E-state index >= 15 is 0 Å². The smallest absolute Gasteiger partial charge is 0.126 e. The van der Waals surface area contributed by atoms with Gasteiger partial charge in [0.05, 0.1) is 11.4 Å². The largest absolute Gasteiger partial charge is 0.264 e. The maximum atomic E-state index is 4.46. The average molecular weight is 248 g/mol. The summed E-state index contributed by atoms with van der Waals surface area (Å²) in [5, 5.41) is 0. The topological polar surface area (TPSA) is 51.6 Å². The first-order valence-electron chi connectivity index (χ1n) is 5.99. The van der Waals surface area contributed by atoms with E-state index < -0.39 is 0 Å². The van der Waals surface area contributed by atoms with Gasteiger partial charge in [-0.2, -0.15) is 0 Å². The molecule has 0 aliphatic rings. The zero-order valence-corrected chi connectivity index (χ0v) is 10.5. The van der Waals surface area contributed by atoms with Crippen molar-refractivity contribution in [1.29, 1.82) is 0 Å². The Bertz CT molecular complexity index is 623. The molecule has 3 rings (SSSR count). The van der Waals surface area contributed by atoms with Crippen LogP contribution in [0.5, 0.6) is 0 Å². The van der Waals surface area contributed by atoms with E-state index in [1.165, 1.54) is 0 Å². The fraction of sp³-hybridized carbons (Fsp3) is 0.0667. The highest BCUT2D eigenvalue weighted by atomic mass is 14.9. The molecule has 0 saturated carbocycles. The van der Waals surface area contributed by atoms with Crippen molar-refractivity contribution in [2.24, 2.45) is 0 Å². The Morgan fingerprint density at radius 2 is 1.32 bits per heavy atom. The number of hydrogen-bond donors (Lipinski definition) is 0. The van der Waals surface area contributed by atoms with E-state index in [1.54, 1.807) is 24.8 Å². The highest BCUT2D eigenvalue weighted by Gasteiger charge is 2.06. The second-order valence-corrected chi connectivity index (χ2v) is 4.17. The van der Waals surface area contributed by atoms with Gasteiger partial charge in [-0.1, -0.05) is 0 Å². The predicted octanol–water partition coefficient (Wildman–Crippen LogP) is 2.91. The normalized spacial score (nSPS) is 10.4. The van der Waals surface area contributed by atoms with Gasteiger partial charge in [0.15, 0.2) is 0 Å². The third kappa shape index (κ3) is 2.47. The van der Waals surface area contributed by atoms with Crippen LogP contribution < -0.4 is 0 Å². The van der Waals surface area contributed by atoms with E-state index in [1.807, 2.05) is 37.3 Å². The quantitative estimate of drug-likeness (QED) is 0.699. The fourth-order valence-electron chi connectivity index (χ4n) is 1.89. The molecule has 92 valence electrons. The van der Waals surface area contributed by atoms with E-state index in [0.717, 1.165) is 28.3 Å². The van der Waals surface area contributed by atoms with Crippen LogP contribution in [0.25, 0.3) is 22.5 Å². The summed E-state index contributed by atoms with van der Waals surface area (Å²) in [4.78, 5) is 17.2. The first kappa shape index (κ1) is 11.5. The molecule has 0 bridgehead atoms. The van der Waals surface area contributed by atoms with Gasteiger partial charge in [-0.05, 0) is 37.3 Å². The van der Waals surface area contributed by atoms with Crippen molar-refractivity contribution in [3.05, 3.63) is 60.9 Å². The van der Waals surface area contributed by atoms with E-state index in [0.29, 0.717) is 0 Å². The minimum absolute atomic E-state index is 0.736. The first-order valence-corrected chi connectivity index (χ1v) is 5.99. The summed E-state index contributed by atoms with van der Waals surface area (Å²) >= 11 is 0. The van der Waals surface area contributed by atoms with Crippen LogP contribution in [0.4, 0.5) is 0 Å². The van der Waals surface area contributed by atoms with Crippen molar-refractivity contribution in [3.8, 4) is 22.5 Å². The molecule has 0 aromatic carbocycles. The van der Waals surface area contributed by atoms with E-state index in [2.05, 4.69) is 19.9 Å². The molecule has 3 aromatic rings. The molecule has 0 fully saturated rings. The van der Waals surface area contributed by atoms with Gasteiger partial charge < -0.3 is 0 Å². The van der Waals surface area contributed by atoms with Crippen LogP contribution in [-0.4, -0.2) is 19.9 Å². The number of aromatic nitrogens is 4. The molecule has 0 unspecified atom stereocenters. The summed E-state index contributed by atoms with van der Waals surface area (Å²) in [6.45, 7) is 1.89. The third-order valence-corrected chi connectivity index (χ3v) is 2.75. The number of rotatable bonds is 2. The molecule has 19 heavy (non-hydrogen) atoms.